The third kappa shape index (κ3) is 2.47. The second-order valence-electron chi connectivity index (χ2n) is 6.80. The van der Waals surface area contributed by atoms with Crippen molar-refractivity contribution in [3.63, 3.8) is 0 Å². The highest BCUT2D eigenvalue weighted by atomic mass is 14.9. The molecule has 0 saturated heterocycles. The number of hydrogen-bond acceptors (Lipinski definition) is 1. The lowest BCUT2D eigenvalue weighted by molar-refractivity contribution is 0.418. The van der Waals surface area contributed by atoms with Gasteiger partial charge in [0.15, 0.2) is 0 Å². The molecule has 20 heavy (non-hydrogen) atoms. The van der Waals surface area contributed by atoms with E-state index in [0.29, 0.717) is 11.5 Å². The Labute approximate surface area is 122 Å². The van der Waals surface area contributed by atoms with Crippen molar-refractivity contribution in [3.8, 4) is 0 Å². The van der Waals surface area contributed by atoms with Crippen molar-refractivity contribution in [3.05, 3.63) is 48.0 Å². The van der Waals surface area contributed by atoms with Crippen molar-refractivity contribution in [2.24, 2.45) is 11.3 Å². The Hall–Kier alpha value is -1.34. The standard InChI is InChI=1S/C19H25N/c1-4-12-20-18(17-13-19(17,2)3)16-11-7-9-14-8-5-6-10-15(14)16/h5-11,17-18,20H,4,12-13H2,1-3H3. The number of rotatable bonds is 5. The molecule has 1 aliphatic carbocycles. The molecule has 0 radical (unpaired) electrons. The van der Waals surface area contributed by atoms with Crippen LogP contribution < -0.4 is 5.32 Å². The summed E-state index contributed by atoms with van der Waals surface area (Å²) >= 11 is 0. The first kappa shape index (κ1) is 13.6. The van der Waals surface area contributed by atoms with Crippen LogP contribution in [0.15, 0.2) is 42.5 Å². The zero-order valence-electron chi connectivity index (χ0n) is 12.8. The van der Waals surface area contributed by atoms with Crippen LogP contribution in [0.25, 0.3) is 10.8 Å². The van der Waals surface area contributed by atoms with Gasteiger partial charge in [-0.05, 0) is 47.1 Å². The minimum atomic E-state index is 0.488. The average molecular weight is 267 g/mol. The Bertz CT molecular complexity index is 594. The van der Waals surface area contributed by atoms with Gasteiger partial charge in [-0.25, -0.2) is 0 Å². The minimum absolute atomic E-state index is 0.488. The summed E-state index contributed by atoms with van der Waals surface area (Å²) in [5, 5.41) is 6.56. The average Bonchev–Trinajstić information content (AvgIpc) is 3.08. The summed E-state index contributed by atoms with van der Waals surface area (Å²) in [6.45, 7) is 8.12. The molecule has 1 fully saturated rings. The smallest absolute Gasteiger partial charge is 0.0360 e. The van der Waals surface area contributed by atoms with Gasteiger partial charge in [-0.3, -0.25) is 0 Å². The van der Waals surface area contributed by atoms with Gasteiger partial charge in [-0.2, -0.15) is 0 Å². The van der Waals surface area contributed by atoms with Crippen LogP contribution >= 0.6 is 0 Å². The summed E-state index contributed by atoms with van der Waals surface area (Å²) in [5.74, 6) is 0.764. The molecule has 2 aromatic rings. The zero-order valence-corrected chi connectivity index (χ0v) is 12.8. The normalized spacial score (nSPS) is 21.9. The molecule has 0 aromatic heterocycles. The molecule has 0 aliphatic heterocycles. The summed E-state index contributed by atoms with van der Waals surface area (Å²) in [5.41, 5.74) is 1.97. The van der Waals surface area contributed by atoms with Crippen LogP contribution in [0, 0.1) is 11.3 Å². The van der Waals surface area contributed by atoms with Crippen LogP contribution in [0.1, 0.15) is 45.2 Å². The maximum Gasteiger partial charge on any atom is 0.0360 e. The van der Waals surface area contributed by atoms with E-state index < -0.39 is 0 Å². The van der Waals surface area contributed by atoms with Gasteiger partial charge in [-0.15, -0.1) is 0 Å². The fourth-order valence-electron chi connectivity index (χ4n) is 3.37. The predicted octanol–water partition coefficient (Wildman–Crippen LogP) is 4.93. The molecule has 1 aliphatic rings. The van der Waals surface area contributed by atoms with E-state index in [1.165, 1.54) is 29.2 Å². The number of nitrogens with one attached hydrogen (secondary N) is 1. The van der Waals surface area contributed by atoms with Gasteiger partial charge in [0.25, 0.3) is 0 Å². The Kier molecular flexibility index (Phi) is 3.55. The molecular formula is C19H25N. The van der Waals surface area contributed by atoms with E-state index in [9.17, 15) is 0 Å². The van der Waals surface area contributed by atoms with Gasteiger partial charge in [-0.1, -0.05) is 63.2 Å². The molecule has 1 heteroatoms. The fourth-order valence-corrected chi connectivity index (χ4v) is 3.37. The third-order valence-electron chi connectivity index (χ3n) is 4.76. The van der Waals surface area contributed by atoms with Crippen molar-refractivity contribution in [2.75, 3.05) is 6.54 Å². The topological polar surface area (TPSA) is 12.0 Å². The lowest BCUT2D eigenvalue weighted by atomic mass is 9.92. The largest absolute Gasteiger partial charge is 0.310 e. The van der Waals surface area contributed by atoms with Crippen molar-refractivity contribution in [2.45, 2.75) is 39.7 Å². The molecule has 0 spiro atoms. The molecule has 1 saturated carbocycles. The van der Waals surface area contributed by atoms with Gasteiger partial charge < -0.3 is 5.32 Å². The van der Waals surface area contributed by atoms with Gasteiger partial charge in [0.2, 0.25) is 0 Å². The summed E-state index contributed by atoms with van der Waals surface area (Å²) in [6.07, 6.45) is 2.52. The van der Waals surface area contributed by atoms with Gasteiger partial charge >= 0.3 is 0 Å². The molecule has 0 bridgehead atoms. The molecule has 1 nitrogen and oxygen atoms in total. The highest BCUT2D eigenvalue weighted by Gasteiger charge is 2.50. The molecule has 0 amide bonds. The summed E-state index contributed by atoms with van der Waals surface area (Å²) < 4.78 is 0. The Morgan fingerprint density at radius 3 is 2.55 bits per heavy atom. The van der Waals surface area contributed by atoms with Crippen LogP contribution in [-0.4, -0.2) is 6.54 Å². The van der Waals surface area contributed by atoms with Crippen molar-refractivity contribution in [1.82, 2.24) is 5.32 Å². The van der Waals surface area contributed by atoms with E-state index in [1.807, 2.05) is 0 Å². The first-order valence-electron chi connectivity index (χ1n) is 7.84. The monoisotopic (exact) mass is 267 g/mol. The number of benzene rings is 2. The second-order valence-corrected chi connectivity index (χ2v) is 6.80. The minimum Gasteiger partial charge on any atom is -0.310 e. The summed E-state index contributed by atoms with van der Waals surface area (Å²) in [4.78, 5) is 0. The van der Waals surface area contributed by atoms with E-state index in [1.54, 1.807) is 0 Å². The third-order valence-corrected chi connectivity index (χ3v) is 4.76. The van der Waals surface area contributed by atoms with Crippen molar-refractivity contribution in [1.29, 1.82) is 0 Å². The van der Waals surface area contributed by atoms with E-state index in [0.717, 1.165) is 12.5 Å². The lowest BCUT2D eigenvalue weighted by Gasteiger charge is -2.22. The molecule has 1 N–H and O–H groups in total. The first-order valence-corrected chi connectivity index (χ1v) is 7.84. The van der Waals surface area contributed by atoms with E-state index in [2.05, 4.69) is 68.6 Å². The van der Waals surface area contributed by atoms with Crippen LogP contribution in [0.5, 0.6) is 0 Å². The molecule has 0 heterocycles. The Balaban J connectivity index is 2.00. The number of hydrogen-bond donors (Lipinski definition) is 1. The SMILES string of the molecule is CCCNC(c1cccc2ccccc12)C1CC1(C)C. The van der Waals surface area contributed by atoms with Gasteiger partial charge in [0.05, 0.1) is 0 Å². The molecular weight excluding hydrogens is 242 g/mol. The Morgan fingerprint density at radius 2 is 1.85 bits per heavy atom. The molecule has 2 aromatic carbocycles. The van der Waals surface area contributed by atoms with Crippen molar-refractivity contribution < 1.29 is 0 Å². The van der Waals surface area contributed by atoms with Crippen LogP contribution in [0.2, 0.25) is 0 Å². The predicted molar refractivity (Wildman–Crippen MR) is 86.9 cm³/mol. The van der Waals surface area contributed by atoms with Crippen LogP contribution in [0.3, 0.4) is 0 Å². The lowest BCUT2D eigenvalue weighted by Crippen LogP contribution is -2.25. The zero-order chi connectivity index (χ0) is 14.2. The molecule has 2 unspecified atom stereocenters. The fraction of sp³-hybridized carbons (Fsp3) is 0.474. The quantitative estimate of drug-likeness (QED) is 0.810. The highest BCUT2D eigenvalue weighted by molar-refractivity contribution is 5.86. The summed E-state index contributed by atoms with van der Waals surface area (Å²) in [6, 6.07) is 16.0. The van der Waals surface area contributed by atoms with E-state index in [-0.39, 0.29) is 0 Å². The van der Waals surface area contributed by atoms with E-state index in [4.69, 9.17) is 0 Å². The Morgan fingerprint density at radius 1 is 1.15 bits per heavy atom. The second kappa shape index (κ2) is 5.21. The van der Waals surface area contributed by atoms with Crippen LogP contribution in [0.4, 0.5) is 0 Å². The number of fused-ring (bicyclic) bond motifs is 1. The maximum absolute atomic E-state index is 3.80. The molecule has 106 valence electrons. The molecule has 3 rings (SSSR count). The highest BCUT2D eigenvalue weighted by Crippen LogP contribution is 2.58. The first-order chi connectivity index (χ1) is 9.63. The maximum atomic E-state index is 3.80. The molecule has 2 atom stereocenters. The summed E-state index contributed by atoms with van der Waals surface area (Å²) in [7, 11) is 0. The van der Waals surface area contributed by atoms with Gasteiger partial charge in [0, 0.05) is 6.04 Å². The van der Waals surface area contributed by atoms with Crippen LogP contribution in [-0.2, 0) is 0 Å². The van der Waals surface area contributed by atoms with Gasteiger partial charge in [0.1, 0.15) is 0 Å². The van der Waals surface area contributed by atoms with Crippen molar-refractivity contribution >= 4 is 10.8 Å². The van der Waals surface area contributed by atoms with E-state index >= 15 is 0 Å².